The summed E-state index contributed by atoms with van der Waals surface area (Å²) >= 11 is 3.18. The second-order valence-electron chi connectivity index (χ2n) is 4.45. The Morgan fingerprint density at radius 2 is 2.35 bits per heavy atom. The summed E-state index contributed by atoms with van der Waals surface area (Å²) in [5.74, 6) is 0.187. The van der Waals surface area contributed by atoms with Crippen molar-refractivity contribution in [2.24, 2.45) is 0 Å². The molecule has 0 unspecified atom stereocenters. The number of hydrogen-bond donors (Lipinski definition) is 1. The van der Waals surface area contributed by atoms with Gasteiger partial charge in [0, 0.05) is 28.8 Å². The van der Waals surface area contributed by atoms with E-state index in [9.17, 15) is 9.59 Å². The van der Waals surface area contributed by atoms with Gasteiger partial charge in [0.05, 0.1) is 23.6 Å². The van der Waals surface area contributed by atoms with Gasteiger partial charge in [-0.2, -0.15) is 0 Å². The summed E-state index contributed by atoms with van der Waals surface area (Å²) in [6, 6.07) is 3.88. The molecule has 3 heterocycles. The van der Waals surface area contributed by atoms with Crippen LogP contribution >= 0.6 is 23.1 Å². The number of thioether (sulfide) groups is 1. The van der Waals surface area contributed by atoms with Gasteiger partial charge < -0.3 is 10.1 Å². The first-order chi connectivity index (χ1) is 9.72. The predicted molar refractivity (Wildman–Crippen MR) is 79.4 cm³/mol. The Hall–Kier alpha value is -1.53. The molecule has 1 aromatic rings. The predicted octanol–water partition coefficient (Wildman–Crippen LogP) is 2.41. The van der Waals surface area contributed by atoms with Crippen molar-refractivity contribution >= 4 is 34.9 Å². The van der Waals surface area contributed by atoms with E-state index >= 15 is 0 Å². The standard InChI is InChI=1S/C14H13NO3S2/c1-18-14(17)8-7-15-13-12(9(16)4-6-20-13)11(8)10-3-2-5-19-10/h2-3,5,7,11,15H,4,6H2,1H3/t11-/m1/s1. The average molecular weight is 307 g/mol. The van der Waals surface area contributed by atoms with Crippen LogP contribution < -0.4 is 5.32 Å². The third-order valence-electron chi connectivity index (χ3n) is 3.33. The maximum atomic E-state index is 12.3. The molecule has 3 rings (SSSR count). The van der Waals surface area contributed by atoms with E-state index in [-0.39, 0.29) is 11.7 Å². The van der Waals surface area contributed by atoms with E-state index in [1.54, 1.807) is 29.3 Å². The lowest BCUT2D eigenvalue weighted by molar-refractivity contribution is -0.136. The lowest BCUT2D eigenvalue weighted by Crippen LogP contribution is -2.30. The molecule has 0 saturated heterocycles. The van der Waals surface area contributed by atoms with Crippen LogP contribution in [0.5, 0.6) is 0 Å². The van der Waals surface area contributed by atoms with E-state index in [1.807, 2.05) is 17.5 Å². The Morgan fingerprint density at radius 1 is 1.50 bits per heavy atom. The number of nitrogens with one attached hydrogen (secondary N) is 1. The zero-order valence-corrected chi connectivity index (χ0v) is 12.5. The molecule has 2 aliphatic heterocycles. The number of ether oxygens (including phenoxy) is 1. The average Bonchev–Trinajstić information content (AvgIpc) is 2.99. The fourth-order valence-electron chi connectivity index (χ4n) is 2.42. The van der Waals surface area contributed by atoms with Crippen LogP contribution in [0.3, 0.4) is 0 Å². The smallest absolute Gasteiger partial charge is 0.336 e. The molecule has 2 aliphatic rings. The van der Waals surface area contributed by atoms with Gasteiger partial charge in [0.1, 0.15) is 0 Å². The minimum atomic E-state index is -0.397. The monoisotopic (exact) mass is 307 g/mol. The third kappa shape index (κ3) is 2.19. The highest BCUT2D eigenvalue weighted by Crippen LogP contribution is 2.43. The number of carbonyl (C=O) groups is 2. The van der Waals surface area contributed by atoms with Crippen LogP contribution in [0, 0.1) is 0 Å². The van der Waals surface area contributed by atoms with Gasteiger partial charge in [0.25, 0.3) is 0 Å². The lowest BCUT2D eigenvalue weighted by atomic mass is 9.85. The summed E-state index contributed by atoms with van der Waals surface area (Å²) < 4.78 is 4.85. The lowest BCUT2D eigenvalue weighted by Gasteiger charge is -2.30. The van der Waals surface area contributed by atoms with Gasteiger partial charge in [0.15, 0.2) is 5.78 Å². The summed E-state index contributed by atoms with van der Waals surface area (Å²) in [6.45, 7) is 0. The molecule has 0 radical (unpaired) electrons. The Kier molecular flexibility index (Phi) is 3.67. The van der Waals surface area contributed by atoms with Crippen molar-refractivity contribution < 1.29 is 14.3 Å². The number of esters is 1. The molecule has 6 heteroatoms. The van der Waals surface area contributed by atoms with E-state index in [0.717, 1.165) is 15.7 Å². The number of carbonyl (C=O) groups excluding carboxylic acids is 2. The zero-order chi connectivity index (χ0) is 14.1. The number of hydrogen-bond acceptors (Lipinski definition) is 6. The van der Waals surface area contributed by atoms with Gasteiger partial charge in [-0.15, -0.1) is 23.1 Å². The Bertz CT molecular complexity index is 616. The molecule has 0 aliphatic carbocycles. The quantitative estimate of drug-likeness (QED) is 0.850. The summed E-state index contributed by atoms with van der Waals surface area (Å²) in [5.41, 5.74) is 1.19. The van der Waals surface area contributed by atoms with Crippen LogP contribution in [0.2, 0.25) is 0 Å². The van der Waals surface area contributed by atoms with Gasteiger partial charge in [-0.05, 0) is 11.4 Å². The van der Waals surface area contributed by atoms with Gasteiger partial charge in [-0.25, -0.2) is 4.79 Å². The van der Waals surface area contributed by atoms with Gasteiger partial charge >= 0.3 is 5.97 Å². The highest BCUT2D eigenvalue weighted by atomic mass is 32.2. The number of ketones is 1. The number of methoxy groups -OCH3 is 1. The first kappa shape index (κ1) is 13.5. The van der Waals surface area contributed by atoms with E-state index in [1.165, 1.54) is 7.11 Å². The van der Waals surface area contributed by atoms with Crippen molar-refractivity contribution in [3.63, 3.8) is 0 Å². The molecule has 104 valence electrons. The van der Waals surface area contributed by atoms with Crippen LogP contribution in [-0.2, 0) is 14.3 Å². The number of allylic oxidation sites excluding steroid dienone is 1. The molecule has 4 nitrogen and oxygen atoms in total. The molecule has 0 saturated carbocycles. The van der Waals surface area contributed by atoms with E-state index in [0.29, 0.717) is 17.6 Å². The van der Waals surface area contributed by atoms with Gasteiger partial charge in [0.2, 0.25) is 0 Å². The zero-order valence-electron chi connectivity index (χ0n) is 10.8. The largest absolute Gasteiger partial charge is 0.466 e. The van der Waals surface area contributed by atoms with Crippen LogP contribution in [-0.4, -0.2) is 24.6 Å². The Labute approximate surface area is 124 Å². The summed E-state index contributed by atoms with van der Waals surface area (Å²) in [7, 11) is 1.36. The minimum absolute atomic E-state index is 0.110. The van der Waals surface area contributed by atoms with Crippen molar-refractivity contribution in [1.82, 2.24) is 5.32 Å². The normalized spacial score (nSPS) is 21.9. The first-order valence-corrected chi connectivity index (χ1v) is 8.07. The SMILES string of the molecule is COC(=O)C1=CNC2=C(C(=O)CCS2)[C@H]1c1cccs1. The topological polar surface area (TPSA) is 55.4 Å². The first-order valence-electron chi connectivity index (χ1n) is 6.21. The van der Waals surface area contributed by atoms with Gasteiger partial charge in [-0.3, -0.25) is 4.79 Å². The molecule has 1 atom stereocenters. The van der Waals surface area contributed by atoms with Crippen molar-refractivity contribution in [3.8, 4) is 0 Å². The second kappa shape index (κ2) is 5.46. The Balaban J connectivity index is 2.10. The van der Waals surface area contributed by atoms with E-state index < -0.39 is 5.97 Å². The molecule has 0 bridgehead atoms. The minimum Gasteiger partial charge on any atom is -0.466 e. The number of rotatable bonds is 2. The van der Waals surface area contributed by atoms with Gasteiger partial charge in [-0.1, -0.05) is 6.07 Å². The molecule has 1 aromatic heterocycles. The molecule has 1 N–H and O–H groups in total. The fourth-order valence-corrected chi connectivity index (χ4v) is 4.30. The maximum Gasteiger partial charge on any atom is 0.336 e. The molecule has 0 aromatic carbocycles. The molecule has 20 heavy (non-hydrogen) atoms. The summed E-state index contributed by atoms with van der Waals surface area (Å²) in [6.07, 6.45) is 2.18. The second-order valence-corrected chi connectivity index (χ2v) is 6.53. The maximum absolute atomic E-state index is 12.3. The summed E-state index contributed by atoms with van der Waals surface area (Å²) in [4.78, 5) is 25.3. The Morgan fingerprint density at radius 3 is 3.05 bits per heavy atom. The number of dihydropyridines is 1. The van der Waals surface area contributed by atoms with Crippen molar-refractivity contribution in [2.75, 3.05) is 12.9 Å². The van der Waals surface area contributed by atoms with E-state index in [4.69, 9.17) is 4.74 Å². The number of thiophene rings is 1. The summed E-state index contributed by atoms with van der Waals surface area (Å²) in [5, 5.41) is 5.89. The molecule has 0 spiro atoms. The molecule has 0 fully saturated rings. The fraction of sp³-hybridized carbons (Fsp3) is 0.286. The highest BCUT2D eigenvalue weighted by Gasteiger charge is 2.37. The van der Waals surface area contributed by atoms with Crippen LogP contribution in [0.25, 0.3) is 0 Å². The molecule has 0 amide bonds. The highest BCUT2D eigenvalue weighted by molar-refractivity contribution is 8.03. The van der Waals surface area contributed by atoms with Crippen LogP contribution in [0.1, 0.15) is 17.2 Å². The van der Waals surface area contributed by atoms with Crippen molar-refractivity contribution in [1.29, 1.82) is 0 Å². The third-order valence-corrected chi connectivity index (χ3v) is 5.30. The van der Waals surface area contributed by atoms with E-state index in [2.05, 4.69) is 5.32 Å². The van der Waals surface area contributed by atoms with Crippen LogP contribution in [0.15, 0.2) is 39.9 Å². The van der Waals surface area contributed by atoms with Crippen LogP contribution in [0.4, 0.5) is 0 Å². The molecular weight excluding hydrogens is 294 g/mol. The van der Waals surface area contributed by atoms with Crippen molar-refractivity contribution in [2.45, 2.75) is 12.3 Å². The number of Topliss-reactive ketones (excluding diaryl/α,β-unsaturated/α-hetero) is 1. The molecular formula is C14H13NO3S2. The van der Waals surface area contributed by atoms with Crippen molar-refractivity contribution in [3.05, 3.63) is 44.8 Å².